The second-order valence-electron chi connectivity index (χ2n) is 4.77. The summed E-state index contributed by atoms with van der Waals surface area (Å²) in [4.78, 5) is 23.9. The number of thioether (sulfide) groups is 1. The smallest absolute Gasteiger partial charge is 0.243 e. The van der Waals surface area contributed by atoms with E-state index >= 15 is 0 Å². The standard InChI is InChI=1S/C14H18N2O3S/c1-20-7-6-11-13(18)16-12(14(19)15-11)8-9-2-4-10(17)5-3-9/h2-5,11-12,17H,6-8H2,1H3,(H,15,19)(H,16,18). The van der Waals surface area contributed by atoms with E-state index in [-0.39, 0.29) is 17.6 Å². The van der Waals surface area contributed by atoms with Crippen LogP contribution in [0.4, 0.5) is 0 Å². The Morgan fingerprint density at radius 1 is 1.10 bits per heavy atom. The van der Waals surface area contributed by atoms with Crippen LogP contribution in [-0.2, 0) is 16.0 Å². The van der Waals surface area contributed by atoms with E-state index in [1.54, 1.807) is 36.0 Å². The van der Waals surface area contributed by atoms with Gasteiger partial charge in [0.2, 0.25) is 11.8 Å². The molecule has 2 unspecified atom stereocenters. The number of piperazine rings is 1. The van der Waals surface area contributed by atoms with Crippen LogP contribution in [0.5, 0.6) is 5.75 Å². The van der Waals surface area contributed by atoms with Gasteiger partial charge in [0, 0.05) is 6.42 Å². The lowest BCUT2D eigenvalue weighted by Gasteiger charge is -2.29. The van der Waals surface area contributed by atoms with Crippen LogP contribution in [0, 0.1) is 0 Å². The lowest BCUT2D eigenvalue weighted by Crippen LogP contribution is -2.62. The SMILES string of the molecule is CSCCC1NC(=O)C(Cc2ccc(O)cc2)NC1=O. The number of phenols is 1. The molecule has 0 spiro atoms. The molecule has 3 N–H and O–H groups in total. The Bertz CT molecular complexity index is 490. The van der Waals surface area contributed by atoms with Crippen molar-refractivity contribution in [1.82, 2.24) is 10.6 Å². The number of amides is 2. The summed E-state index contributed by atoms with van der Waals surface area (Å²) in [6, 6.07) is 5.66. The third-order valence-electron chi connectivity index (χ3n) is 3.25. The number of nitrogens with one attached hydrogen (secondary N) is 2. The van der Waals surface area contributed by atoms with Crippen LogP contribution in [0.3, 0.4) is 0 Å². The minimum atomic E-state index is -0.544. The first-order valence-electron chi connectivity index (χ1n) is 6.47. The molecular formula is C14H18N2O3S. The molecule has 6 heteroatoms. The molecule has 1 saturated heterocycles. The van der Waals surface area contributed by atoms with E-state index in [2.05, 4.69) is 10.6 Å². The number of aromatic hydroxyl groups is 1. The van der Waals surface area contributed by atoms with Crippen molar-refractivity contribution in [3.05, 3.63) is 29.8 Å². The maximum atomic E-state index is 12.0. The Labute approximate surface area is 122 Å². The quantitative estimate of drug-likeness (QED) is 0.746. The summed E-state index contributed by atoms with van der Waals surface area (Å²) in [5, 5.41) is 14.8. The van der Waals surface area contributed by atoms with Crippen molar-refractivity contribution in [1.29, 1.82) is 0 Å². The zero-order valence-corrected chi connectivity index (χ0v) is 12.1. The summed E-state index contributed by atoms with van der Waals surface area (Å²) < 4.78 is 0. The van der Waals surface area contributed by atoms with Gasteiger partial charge >= 0.3 is 0 Å². The highest BCUT2D eigenvalue weighted by Crippen LogP contribution is 2.13. The zero-order chi connectivity index (χ0) is 14.5. The van der Waals surface area contributed by atoms with Crippen LogP contribution in [0.2, 0.25) is 0 Å². The molecule has 0 bridgehead atoms. The normalized spacial score (nSPS) is 22.2. The van der Waals surface area contributed by atoms with Crippen molar-refractivity contribution >= 4 is 23.6 Å². The number of hydrogen-bond acceptors (Lipinski definition) is 4. The average molecular weight is 294 g/mol. The lowest BCUT2D eigenvalue weighted by molar-refractivity contribution is -0.136. The second kappa shape index (κ2) is 6.65. The van der Waals surface area contributed by atoms with Crippen molar-refractivity contribution in [2.75, 3.05) is 12.0 Å². The number of benzene rings is 1. The van der Waals surface area contributed by atoms with Gasteiger partial charge in [0.05, 0.1) is 0 Å². The molecule has 2 rings (SSSR count). The first-order valence-corrected chi connectivity index (χ1v) is 7.87. The highest BCUT2D eigenvalue weighted by atomic mass is 32.2. The molecule has 1 aromatic rings. The summed E-state index contributed by atoms with van der Waals surface area (Å²) in [6.07, 6.45) is 3.04. The highest BCUT2D eigenvalue weighted by Gasteiger charge is 2.32. The zero-order valence-electron chi connectivity index (χ0n) is 11.3. The van der Waals surface area contributed by atoms with Gasteiger partial charge in [-0.25, -0.2) is 0 Å². The van der Waals surface area contributed by atoms with Gasteiger partial charge in [0.1, 0.15) is 17.8 Å². The van der Waals surface area contributed by atoms with Crippen molar-refractivity contribution in [2.24, 2.45) is 0 Å². The molecule has 1 aromatic carbocycles. The number of carbonyl (C=O) groups is 2. The first kappa shape index (κ1) is 14.7. The van der Waals surface area contributed by atoms with Crippen LogP contribution in [0.1, 0.15) is 12.0 Å². The van der Waals surface area contributed by atoms with E-state index in [1.807, 2.05) is 6.26 Å². The molecule has 0 aromatic heterocycles. The summed E-state index contributed by atoms with van der Waals surface area (Å²) in [5.41, 5.74) is 0.894. The molecule has 0 saturated carbocycles. The molecule has 1 aliphatic rings. The third-order valence-corrected chi connectivity index (χ3v) is 3.90. The minimum absolute atomic E-state index is 0.123. The second-order valence-corrected chi connectivity index (χ2v) is 5.76. The molecule has 1 heterocycles. The van der Waals surface area contributed by atoms with Gasteiger partial charge in [-0.3, -0.25) is 9.59 Å². The van der Waals surface area contributed by atoms with E-state index in [9.17, 15) is 14.7 Å². The van der Waals surface area contributed by atoms with Gasteiger partial charge in [-0.15, -0.1) is 0 Å². The number of carbonyl (C=O) groups excluding carboxylic acids is 2. The molecule has 2 atom stereocenters. The fourth-order valence-electron chi connectivity index (χ4n) is 2.13. The molecule has 5 nitrogen and oxygen atoms in total. The molecule has 2 amide bonds. The number of hydrogen-bond donors (Lipinski definition) is 3. The average Bonchev–Trinajstić information content (AvgIpc) is 2.43. The third kappa shape index (κ3) is 3.66. The van der Waals surface area contributed by atoms with E-state index in [1.165, 1.54) is 0 Å². The molecular weight excluding hydrogens is 276 g/mol. The Balaban J connectivity index is 1.96. The Morgan fingerprint density at radius 2 is 1.70 bits per heavy atom. The number of phenolic OH excluding ortho intramolecular Hbond substituents is 1. The molecule has 108 valence electrons. The number of rotatable bonds is 5. The first-order chi connectivity index (χ1) is 9.60. The van der Waals surface area contributed by atoms with Crippen LogP contribution < -0.4 is 10.6 Å². The van der Waals surface area contributed by atoms with Gasteiger partial charge in [-0.1, -0.05) is 12.1 Å². The Morgan fingerprint density at radius 3 is 2.35 bits per heavy atom. The van der Waals surface area contributed by atoms with Crippen LogP contribution >= 0.6 is 11.8 Å². The van der Waals surface area contributed by atoms with Crippen LogP contribution in [0.25, 0.3) is 0 Å². The molecule has 1 fully saturated rings. The summed E-state index contributed by atoms with van der Waals surface area (Å²) in [5.74, 6) is 0.746. The van der Waals surface area contributed by atoms with Gasteiger partial charge in [-0.2, -0.15) is 11.8 Å². The van der Waals surface area contributed by atoms with Gasteiger partial charge < -0.3 is 15.7 Å². The van der Waals surface area contributed by atoms with Crippen molar-refractivity contribution < 1.29 is 14.7 Å². The van der Waals surface area contributed by atoms with Gasteiger partial charge in [0.15, 0.2) is 0 Å². The topological polar surface area (TPSA) is 78.4 Å². The maximum Gasteiger partial charge on any atom is 0.243 e. The fraction of sp³-hybridized carbons (Fsp3) is 0.429. The Kier molecular flexibility index (Phi) is 4.89. The van der Waals surface area contributed by atoms with E-state index < -0.39 is 12.1 Å². The largest absolute Gasteiger partial charge is 0.508 e. The van der Waals surface area contributed by atoms with Crippen LogP contribution in [0.15, 0.2) is 24.3 Å². The highest BCUT2D eigenvalue weighted by molar-refractivity contribution is 7.98. The van der Waals surface area contributed by atoms with E-state index in [4.69, 9.17) is 0 Å². The van der Waals surface area contributed by atoms with Crippen molar-refractivity contribution in [2.45, 2.75) is 24.9 Å². The summed E-state index contributed by atoms with van der Waals surface area (Å²) >= 11 is 1.65. The fourth-order valence-corrected chi connectivity index (χ4v) is 2.60. The molecule has 1 aliphatic heterocycles. The van der Waals surface area contributed by atoms with Gasteiger partial charge in [0.25, 0.3) is 0 Å². The Hall–Kier alpha value is -1.69. The van der Waals surface area contributed by atoms with E-state index in [0.717, 1.165) is 11.3 Å². The lowest BCUT2D eigenvalue weighted by atomic mass is 10.0. The maximum absolute atomic E-state index is 12.0. The molecule has 0 aliphatic carbocycles. The van der Waals surface area contributed by atoms with Gasteiger partial charge in [-0.05, 0) is 36.1 Å². The monoisotopic (exact) mass is 294 g/mol. The summed E-state index contributed by atoms with van der Waals surface area (Å²) in [6.45, 7) is 0. The van der Waals surface area contributed by atoms with Crippen molar-refractivity contribution in [3.63, 3.8) is 0 Å². The van der Waals surface area contributed by atoms with Crippen LogP contribution in [-0.4, -0.2) is 41.0 Å². The molecule has 20 heavy (non-hydrogen) atoms. The molecule has 0 radical (unpaired) electrons. The van der Waals surface area contributed by atoms with E-state index in [0.29, 0.717) is 12.8 Å². The predicted molar refractivity (Wildman–Crippen MR) is 78.7 cm³/mol. The van der Waals surface area contributed by atoms with Crippen molar-refractivity contribution in [3.8, 4) is 5.75 Å². The minimum Gasteiger partial charge on any atom is -0.508 e. The summed E-state index contributed by atoms with van der Waals surface area (Å²) in [7, 11) is 0. The predicted octanol–water partition coefficient (Wildman–Crippen LogP) is 0.671.